The van der Waals surface area contributed by atoms with Gasteiger partial charge in [0.25, 0.3) is 0 Å². The average Bonchev–Trinajstić information content (AvgIpc) is 2.26. The summed E-state index contributed by atoms with van der Waals surface area (Å²) in [6, 6.07) is 6.69. The summed E-state index contributed by atoms with van der Waals surface area (Å²) < 4.78 is 22.7. The molecule has 1 saturated heterocycles. The zero-order chi connectivity index (χ0) is 14.2. The molecule has 1 heterocycles. The molecule has 1 aliphatic heterocycles. The van der Waals surface area contributed by atoms with Gasteiger partial charge in [0.2, 0.25) is 0 Å². The maximum absolute atomic E-state index is 11.3. The second-order valence-electron chi connectivity index (χ2n) is 5.06. The number of carboxylic acid groups (broad SMARTS) is 1. The molecule has 1 aliphatic rings. The Labute approximate surface area is 112 Å². The number of anilines is 1. The molecule has 5 nitrogen and oxygen atoms in total. The Hall–Kier alpha value is -1.56. The van der Waals surface area contributed by atoms with E-state index in [2.05, 4.69) is 4.90 Å². The largest absolute Gasteiger partial charge is 0.481 e. The minimum absolute atomic E-state index is 0.159. The lowest BCUT2D eigenvalue weighted by Gasteiger charge is -2.43. The lowest BCUT2D eigenvalue weighted by atomic mass is 9.87. The average molecular weight is 283 g/mol. The smallest absolute Gasteiger partial charge is 0.306 e. The van der Waals surface area contributed by atoms with Crippen LogP contribution in [0.2, 0.25) is 0 Å². The van der Waals surface area contributed by atoms with Crippen molar-refractivity contribution in [2.45, 2.75) is 11.8 Å². The third-order valence-corrected chi connectivity index (χ3v) is 4.76. The molecule has 0 radical (unpaired) electrons. The molecule has 1 fully saturated rings. The molecule has 2 rings (SSSR count). The van der Waals surface area contributed by atoms with Crippen LogP contribution in [0.3, 0.4) is 0 Å². The summed E-state index contributed by atoms with van der Waals surface area (Å²) >= 11 is 0. The van der Waals surface area contributed by atoms with Gasteiger partial charge in [0.05, 0.1) is 10.8 Å². The molecule has 1 unspecified atom stereocenters. The SMILES string of the molecule is CC(C(=O)O)C1CN(c2ccc(S(C)(=O)=O)cc2)C1. The Morgan fingerprint density at radius 2 is 1.84 bits per heavy atom. The third-order valence-electron chi connectivity index (χ3n) is 3.64. The highest BCUT2D eigenvalue weighted by molar-refractivity contribution is 7.90. The lowest BCUT2D eigenvalue weighted by Crippen LogP contribution is -2.51. The maximum Gasteiger partial charge on any atom is 0.306 e. The molecule has 1 N–H and O–H groups in total. The molecule has 0 aliphatic carbocycles. The number of rotatable bonds is 4. The van der Waals surface area contributed by atoms with Crippen LogP contribution < -0.4 is 4.90 Å². The van der Waals surface area contributed by atoms with Crippen LogP contribution >= 0.6 is 0 Å². The van der Waals surface area contributed by atoms with Crippen LogP contribution in [0.25, 0.3) is 0 Å². The molecule has 0 saturated carbocycles. The molecule has 1 aromatic rings. The first kappa shape index (κ1) is 13.9. The number of benzene rings is 1. The zero-order valence-corrected chi connectivity index (χ0v) is 11.7. The molecular formula is C13H17NO4S. The number of carbonyl (C=O) groups is 1. The molecule has 0 amide bonds. The minimum atomic E-state index is -3.17. The molecule has 1 aromatic carbocycles. The minimum Gasteiger partial charge on any atom is -0.481 e. The van der Waals surface area contributed by atoms with Crippen molar-refractivity contribution in [3.05, 3.63) is 24.3 Å². The van der Waals surface area contributed by atoms with E-state index in [0.717, 1.165) is 5.69 Å². The molecule has 19 heavy (non-hydrogen) atoms. The van der Waals surface area contributed by atoms with E-state index in [9.17, 15) is 13.2 Å². The summed E-state index contributed by atoms with van der Waals surface area (Å²) in [5, 5.41) is 8.91. The highest BCUT2D eigenvalue weighted by Crippen LogP contribution is 2.29. The predicted octanol–water partition coefficient (Wildman–Crippen LogP) is 1.25. The first-order chi connectivity index (χ1) is 8.79. The van der Waals surface area contributed by atoms with Crippen molar-refractivity contribution in [1.82, 2.24) is 0 Å². The van der Waals surface area contributed by atoms with Crippen molar-refractivity contribution in [2.24, 2.45) is 11.8 Å². The van der Waals surface area contributed by atoms with E-state index >= 15 is 0 Å². The van der Waals surface area contributed by atoms with Gasteiger partial charge in [-0.3, -0.25) is 4.79 Å². The van der Waals surface area contributed by atoms with Crippen molar-refractivity contribution < 1.29 is 18.3 Å². The second kappa shape index (κ2) is 4.85. The Balaban J connectivity index is 2.01. The fraction of sp³-hybridized carbons (Fsp3) is 0.462. The molecule has 6 heteroatoms. The Bertz CT molecular complexity index is 573. The standard InChI is InChI=1S/C13H17NO4S/c1-9(13(15)16)10-7-14(8-10)11-3-5-12(6-4-11)19(2,17)18/h3-6,9-10H,7-8H2,1-2H3,(H,15,16). The molecule has 0 spiro atoms. The molecule has 1 atom stereocenters. The van der Waals surface area contributed by atoms with Gasteiger partial charge in [-0.25, -0.2) is 8.42 Å². The van der Waals surface area contributed by atoms with Gasteiger partial charge in [-0.05, 0) is 24.3 Å². The van der Waals surface area contributed by atoms with Crippen LogP contribution in [0.1, 0.15) is 6.92 Å². The third kappa shape index (κ3) is 2.89. The zero-order valence-electron chi connectivity index (χ0n) is 10.9. The van der Waals surface area contributed by atoms with E-state index in [1.54, 1.807) is 31.2 Å². The van der Waals surface area contributed by atoms with E-state index in [-0.39, 0.29) is 11.8 Å². The van der Waals surface area contributed by atoms with Crippen LogP contribution in [0.15, 0.2) is 29.2 Å². The fourth-order valence-corrected chi connectivity index (χ4v) is 2.78. The predicted molar refractivity (Wildman–Crippen MR) is 72.1 cm³/mol. The van der Waals surface area contributed by atoms with Gasteiger partial charge < -0.3 is 10.0 Å². The monoisotopic (exact) mass is 283 g/mol. The van der Waals surface area contributed by atoms with E-state index < -0.39 is 15.8 Å². The Morgan fingerprint density at radius 1 is 1.32 bits per heavy atom. The van der Waals surface area contributed by atoms with Gasteiger partial charge in [-0.1, -0.05) is 6.92 Å². The van der Waals surface area contributed by atoms with Crippen molar-refractivity contribution in [1.29, 1.82) is 0 Å². The van der Waals surface area contributed by atoms with Gasteiger partial charge >= 0.3 is 5.97 Å². The first-order valence-electron chi connectivity index (χ1n) is 6.07. The summed E-state index contributed by atoms with van der Waals surface area (Å²) in [6.45, 7) is 3.12. The van der Waals surface area contributed by atoms with Crippen LogP contribution in [0, 0.1) is 11.8 Å². The van der Waals surface area contributed by atoms with Crippen LogP contribution in [0.4, 0.5) is 5.69 Å². The van der Waals surface area contributed by atoms with Crippen LogP contribution in [-0.2, 0) is 14.6 Å². The second-order valence-corrected chi connectivity index (χ2v) is 7.07. The number of sulfone groups is 1. The maximum atomic E-state index is 11.3. The van der Waals surface area contributed by atoms with E-state index in [0.29, 0.717) is 18.0 Å². The van der Waals surface area contributed by atoms with E-state index in [1.165, 1.54) is 6.26 Å². The summed E-state index contributed by atoms with van der Waals surface area (Å²) in [5.74, 6) is -0.948. The molecular weight excluding hydrogens is 266 g/mol. The van der Waals surface area contributed by atoms with Crippen LogP contribution in [0.5, 0.6) is 0 Å². The highest BCUT2D eigenvalue weighted by Gasteiger charge is 2.34. The van der Waals surface area contributed by atoms with Gasteiger partial charge in [0, 0.05) is 31.0 Å². The first-order valence-corrected chi connectivity index (χ1v) is 7.96. The van der Waals surface area contributed by atoms with E-state index in [4.69, 9.17) is 5.11 Å². The summed E-state index contributed by atoms with van der Waals surface area (Å²) in [5.41, 5.74) is 0.932. The quantitative estimate of drug-likeness (QED) is 0.900. The Morgan fingerprint density at radius 3 is 2.26 bits per heavy atom. The summed E-state index contributed by atoms with van der Waals surface area (Å²) in [4.78, 5) is 13.2. The van der Waals surface area contributed by atoms with Gasteiger partial charge in [0.1, 0.15) is 0 Å². The summed E-state index contributed by atoms with van der Waals surface area (Å²) in [6.07, 6.45) is 1.18. The molecule has 0 aromatic heterocycles. The van der Waals surface area contributed by atoms with E-state index in [1.807, 2.05) is 0 Å². The topological polar surface area (TPSA) is 74.7 Å². The van der Waals surface area contributed by atoms with Crippen molar-refractivity contribution in [3.63, 3.8) is 0 Å². The highest BCUT2D eigenvalue weighted by atomic mass is 32.2. The van der Waals surface area contributed by atoms with Crippen molar-refractivity contribution >= 4 is 21.5 Å². The summed E-state index contributed by atoms with van der Waals surface area (Å²) in [7, 11) is -3.17. The van der Waals surface area contributed by atoms with Crippen molar-refractivity contribution in [3.8, 4) is 0 Å². The number of nitrogens with zero attached hydrogens (tertiary/aromatic N) is 1. The molecule has 0 bridgehead atoms. The van der Waals surface area contributed by atoms with Gasteiger partial charge in [-0.2, -0.15) is 0 Å². The fourth-order valence-electron chi connectivity index (χ4n) is 2.15. The Kier molecular flexibility index (Phi) is 3.54. The lowest BCUT2D eigenvalue weighted by molar-refractivity contribution is -0.143. The van der Waals surface area contributed by atoms with Crippen molar-refractivity contribution in [2.75, 3.05) is 24.2 Å². The number of aliphatic carboxylic acids is 1. The number of hydrogen-bond acceptors (Lipinski definition) is 4. The van der Waals surface area contributed by atoms with Gasteiger partial charge in [0.15, 0.2) is 9.84 Å². The molecule has 104 valence electrons. The normalized spacial score (nSPS) is 17.9. The number of hydrogen-bond donors (Lipinski definition) is 1. The van der Waals surface area contributed by atoms with Crippen LogP contribution in [-0.4, -0.2) is 38.8 Å². The van der Waals surface area contributed by atoms with Gasteiger partial charge in [-0.15, -0.1) is 0 Å². The number of carboxylic acids is 1.